The van der Waals surface area contributed by atoms with Gasteiger partial charge in [0.2, 0.25) is 0 Å². The lowest BCUT2D eigenvalue weighted by Crippen LogP contribution is -2.15. The molecule has 1 aliphatic carbocycles. The van der Waals surface area contributed by atoms with Crippen molar-refractivity contribution >= 4 is 45.2 Å². The molecule has 1 saturated carbocycles. The molecule has 1 aliphatic rings. The third kappa shape index (κ3) is 2.51. The standard InChI is InChI=1S/C15H18ClIN2/c1-10-3-2-4-13(10)19-14-6-5-11(17)9-12(14)18-15(19)7-8-16/h5-6,9-10,13H,2-4,7-8H2,1H3. The normalized spacial score (nSPS) is 23.3. The molecule has 19 heavy (non-hydrogen) atoms. The van der Waals surface area contributed by atoms with Crippen molar-refractivity contribution in [1.29, 1.82) is 0 Å². The van der Waals surface area contributed by atoms with Gasteiger partial charge >= 0.3 is 0 Å². The van der Waals surface area contributed by atoms with Crippen molar-refractivity contribution in [2.24, 2.45) is 5.92 Å². The van der Waals surface area contributed by atoms with Gasteiger partial charge in [0.15, 0.2) is 0 Å². The smallest absolute Gasteiger partial charge is 0.111 e. The van der Waals surface area contributed by atoms with Crippen LogP contribution in [0.4, 0.5) is 0 Å². The van der Waals surface area contributed by atoms with Gasteiger partial charge in [0.25, 0.3) is 0 Å². The van der Waals surface area contributed by atoms with Gasteiger partial charge in [-0.3, -0.25) is 0 Å². The average molecular weight is 389 g/mol. The summed E-state index contributed by atoms with van der Waals surface area (Å²) in [5, 5.41) is 0. The molecule has 0 saturated heterocycles. The molecular formula is C15H18ClIN2. The number of hydrogen-bond donors (Lipinski definition) is 0. The Balaban J connectivity index is 2.16. The van der Waals surface area contributed by atoms with Crippen LogP contribution in [0.15, 0.2) is 18.2 Å². The molecule has 0 radical (unpaired) electrons. The summed E-state index contributed by atoms with van der Waals surface area (Å²) in [5.74, 6) is 2.54. The van der Waals surface area contributed by atoms with Crippen LogP contribution < -0.4 is 0 Å². The molecule has 2 aromatic rings. The van der Waals surface area contributed by atoms with Crippen LogP contribution in [-0.4, -0.2) is 15.4 Å². The van der Waals surface area contributed by atoms with Crippen molar-refractivity contribution in [2.75, 3.05) is 5.88 Å². The first-order valence-electron chi connectivity index (χ1n) is 6.93. The third-order valence-electron chi connectivity index (χ3n) is 4.19. The molecule has 2 nitrogen and oxygen atoms in total. The number of benzene rings is 1. The van der Waals surface area contributed by atoms with Gasteiger partial charge in [-0.2, -0.15) is 0 Å². The van der Waals surface area contributed by atoms with E-state index in [9.17, 15) is 0 Å². The molecule has 1 aromatic heterocycles. The van der Waals surface area contributed by atoms with Gasteiger partial charge in [0.05, 0.1) is 11.0 Å². The van der Waals surface area contributed by atoms with E-state index in [0.717, 1.165) is 23.7 Å². The van der Waals surface area contributed by atoms with E-state index in [1.54, 1.807) is 0 Å². The predicted octanol–water partition coefficient (Wildman–Crippen LogP) is 4.78. The van der Waals surface area contributed by atoms with Gasteiger partial charge in [-0.05, 0) is 59.5 Å². The Kier molecular flexibility index (Phi) is 4.03. The highest BCUT2D eigenvalue weighted by molar-refractivity contribution is 14.1. The van der Waals surface area contributed by atoms with Gasteiger partial charge in [0, 0.05) is 21.9 Å². The van der Waals surface area contributed by atoms with E-state index in [0.29, 0.717) is 11.9 Å². The molecule has 0 spiro atoms. The summed E-state index contributed by atoms with van der Waals surface area (Å²) in [6, 6.07) is 7.16. The van der Waals surface area contributed by atoms with E-state index in [4.69, 9.17) is 16.6 Å². The highest BCUT2D eigenvalue weighted by atomic mass is 127. The molecule has 0 N–H and O–H groups in total. The molecule has 0 aliphatic heterocycles. The van der Waals surface area contributed by atoms with E-state index < -0.39 is 0 Å². The first-order valence-corrected chi connectivity index (χ1v) is 8.54. The van der Waals surface area contributed by atoms with E-state index in [1.165, 1.54) is 28.3 Å². The second kappa shape index (κ2) is 5.60. The number of imidazole rings is 1. The second-order valence-electron chi connectivity index (χ2n) is 5.45. The van der Waals surface area contributed by atoms with Crippen LogP contribution in [0.5, 0.6) is 0 Å². The van der Waals surface area contributed by atoms with Crippen LogP contribution in [0.1, 0.15) is 38.1 Å². The molecule has 102 valence electrons. The Bertz CT molecular complexity index is 593. The summed E-state index contributed by atoms with van der Waals surface area (Å²) in [4.78, 5) is 4.82. The number of halogens is 2. The van der Waals surface area contributed by atoms with Gasteiger partial charge in [-0.25, -0.2) is 4.98 Å². The van der Waals surface area contributed by atoms with Crippen LogP contribution in [0.3, 0.4) is 0 Å². The predicted molar refractivity (Wildman–Crippen MR) is 88.9 cm³/mol. The highest BCUT2D eigenvalue weighted by Crippen LogP contribution is 2.38. The highest BCUT2D eigenvalue weighted by Gasteiger charge is 2.28. The minimum absolute atomic E-state index is 0.600. The monoisotopic (exact) mass is 388 g/mol. The Morgan fingerprint density at radius 1 is 1.42 bits per heavy atom. The average Bonchev–Trinajstić information content (AvgIpc) is 2.92. The summed E-state index contributed by atoms with van der Waals surface area (Å²) in [6.45, 7) is 2.36. The maximum Gasteiger partial charge on any atom is 0.111 e. The van der Waals surface area contributed by atoms with Crippen LogP contribution in [0, 0.1) is 9.49 Å². The molecule has 1 fully saturated rings. The minimum atomic E-state index is 0.600. The van der Waals surface area contributed by atoms with Gasteiger partial charge in [-0.15, -0.1) is 11.6 Å². The topological polar surface area (TPSA) is 17.8 Å². The molecule has 2 atom stereocenters. The molecular weight excluding hydrogens is 371 g/mol. The largest absolute Gasteiger partial charge is 0.325 e. The van der Waals surface area contributed by atoms with E-state index >= 15 is 0 Å². The molecule has 0 amide bonds. The van der Waals surface area contributed by atoms with Crippen molar-refractivity contribution in [3.63, 3.8) is 0 Å². The van der Waals surface area contributed by atoms with E-state index in [-0.39, 0.29) is 0 Å². The molecule has 1 heterocycles. The van der Waals surface area contributed by atoms with E-state index in [2.05, 4.69) is 52.3 Å². The summed E-state index contributed by atoms with van der Waals surface area (Å²) < 4.78 is 3.71. The zero-order valence-corrected chi connectivity index (χ0v) is 14.0. The van der Waals surface area contributed by atoms with E-state index in [1.807, 2.05) is 0 Å². The van der Waals surface area contributed by atoms with Crippen LogP contribution >= 0.6 is 34.2 Å². The Labute approximate surface area is 132 Å². The molecule has 0 bridgehead atoms. The lowest BCUT2D eigenvalue weighted by Gasteiger charge is -2.21. The van der Waals surface area contributed by atoms with Gasteiger partial charge in [0.1, 0.15) is 5.82 Å². The fourth-order valence-corrected chi connectivity index (χ4v) is 3.91. The van der Waals surface area contributed by atoms with Crippen molar-refractivity contribution < 1.29 is 0 Å². The van der Waals surface area contributed by atoms with Crippen LogP contribution in [0.2, 0.25) is 0 Å². The van der Waals surface area contributed by atoms with Gasteiger partial charge in [-0.1, -0.05) is 13.3 Å². The number of fused-ring (bicyclic) bond motifs is 1. The Morgan fingerprint density at radius 3 is 2.95 bits per heavy atom. The minimum Gasteiger partial charge on any atom is -0.325 e. The molecule has 1 aromatic carbocycles. The van der Waals surface area contributed by atoms with Gasteiger partial charge < -0.3 is 4.57 Å². The van der Waals surface area contributed by atoms with Crippen LogP contribution in [0.25, 0.3) is 11.0 Å². The van der Waals surface area contributed by atoms with Crippen molar-refractivity contribution in [3.8, 4) is 0 Å². The zero-order chi connectivity index (χ0) is 13.4. The third-order valence-corrected chi connectivity index (χ3v) is 5.05. The lowest BCUT2D eigenvalue weighted by molar-refractivity contribution is 0.406. The first-order chi connectivity index (χ1) is 9.20. The maximum absolute atomic E-state index is 5.96. The maximum atomic E-state index is 5.96. The van der Waals surface area contributed by atoms with Crippen molar-refractivity contribution in [1.82, 2.24) is 9.55 Å². The quantitative estimate of drug-likeness (QED) is 0.546. The van der Waals surface area contributed by atoms with Crippen LogP contribution in [-0.2, 0) is 6.42 Å². The number of aryl methyl sites for hydroxylation is 1. The number of alkyl halides is 1. The molecule has 4 heteroatoms. The lowest BCUT2D eigenvalue weighted by atomic mass is 10.1. The first kappa shape index (κ1) is 13.7. The SMILES string of the molecule is CC1CCCC1n1c(CCCl)nc2cc(I)ccc21. The Morgan fingerprint density at radius 2 is 2.26 bits per heavy atom. The molecule has 2 unspecified atom stereocenters. The second-order valence-corrected chi connectivity index (χ2v) is 7.07. The number of nitrogens with zero attached hydrogens (tertiary/aromatic N) is 2. The number of rotatable bonds is 3. The van der Waals surface area contributed by atoms with Crippen molar-refractivity contribution in [2.45, 2.75) is 38.6 Å². The fourth-order valence-electron chi connectivity index (χ4n) is 3.26. The summed E-state index contributed by atoms with van der Waals surface area (Å²) >= 11 is 8.30. The Hall–Kier alpha value is -0.290. The molecule has 3 rings (SSSR count). The van der Waals surface area contributed by atoms with Crippen molar-refractivity contribution in [3.05, 3.63) is 27.6 Å². The number of aromatic nitrogens is 2. The summed E-state index contributed by atoms with van der Waals surface area (Å²) in [6.07, 6.45) is 4.79. The fraction of sp³-hybridized carbons (Fsp3) is 0.533. The summed E-state index contributed by atoms with van der Waals surface area (Å²) in [5.41, 5.74) is 2.39. The number of hydrogen-bond acceptors (Lipinski definition) is 1. The summed E-state index contributed by atoms with van der Waals surface area (Å²) in [7, 11) is 0. The zero-order valence-electron chi connectivity index (χ0n) is 11.1.